The summed E-state index contributed by atoms with van der Waals surface area (Å²) in [5.41, 5.74) is 0.184. The summed E-state index contributed by atoms with van der Waals surface area (Å²) in [5.74, 6) is -0.943. The molecule has 0 bridgehead atoms. The second kappa shape index (κ2) is 6.63. The molecule has 0 saturated carbocycles. The average Bonchev–Trinajstić information content (AvgIpc) is 2.98. The number of hydrogen-bond donors (Lipinski definition) is 1. The maximum atomic E-state index is 12.4. The zero-order valence-electron chi connectivity index (χ0n) is 14.0. The fourth-order valence-corrected chi connectivity index (χ4v) is 3.56. The van der Waals surface area contributed by atoms with Crippen LogP contribution in [0.3, 0.4) is 0 Å². The van der Waals surface area contributed by atoms with Crippen molar-refractivity contribution in [3.8, 4) is 0 Å². The van der Waals surface area contributed by atoms with E-state index in [4.69, 9.17) is 0 Å². The van der Waals surface area contributed by atoms with E-state index in [-0.39, 0.29) is 5.91 Å². The number of carbonyl (C=O) groups excluding carboxylic acids is 1. The van der Waals surface area contributed by atoms with Crippen molar-refractivity contribution < 1.29 is 14.7 Å². The van der Waals surface area contributed by atoms with Crippen molar-refractivity contribution >= 4 is 22.6 Å². The SMILES string of the molecule is CC1(C(=O)O)CCCN1C(=O)CCCc1ccc2ccccc2c1. The maximum absolute atomic E-state index is 12.4. The zero-order valence-corrected chi connectivity index (χ0v) is 14.0. The van der Waals surface area contributed by atoms with Crippen LogP contribution in [0.4, 0.5) is 0 Å². The monoisotopic (exact) mass is 325 g/mol. The van der Waals surface area contributed by atoms with Crippen LogP contribution in [0.1, 0.15) is 38.2 Å². The first-order valence-corrected chi connectivity index (χ1v) is 8.52. The molecule has 1 heterocycles. The molecule has 4 nitrogen and oxygen atoms in total. The number of aliphatic carboxylic acids is 1. The van der Waals surface area contributed by atoms with E-state index in [2.05, 4.69) is 30.3 Å². The Labute approximate surface area is 142 Å². The van der Waals surface area contributed by atoms with Crippen LogP contribution in [0, 0.1) is 0 Å². The number of hydrogen-bond acceptors (Lipinski definition) is 2. The highest BCUT2D eigenvalue weighted by Gasteiger charge is 2.45. The Bertz CT molecular complexity index is 770. The molecule has 1 aliphatic heterocycles. The Balaban J connectivity index is 1.59. The molecular weight excluding hydrogens is 302 g/mol. The van der Waals surface area contributed by atoms with Gasteiger partial charge in [-0.15, -0.1) is 0 Å². The molecule has 2 aromatic carbocycles. The van der Waals surface area contributed by atoms with Crippen LogP contribution in [0.25, 0.3) is 10.8 Å². The minimum atomic E-state index is -1.03. The smallest absolute Gasteiger partial charge is 0.329 e. The summed E-state index contributed by atoms with van der Waals surface area (Å²) in [5, 5.41) is 11.8. The van der Waals surface area contributed by atoms with E-state index >= 15 is 0 Å². The van der Waals surface area contributed by atoms with Gasteiger partial charge in [-0.05, 0) is 48.9 Å². The van der Waals surface area contributed by atoms with Gasteiger partial charge in [-0.25, -0.2) is 4.79 Å². The molecule has 0 spiro atoms. The van der Waals surface area contributed by atoms with Crippen LogP contribution in [0.2, 0.25) is 0 Å². The normalized spacial score (nSPS) is 20.5. The van der Waals surface area contributed by atoms with Crippen LogP contribution in [-0.2, 0) is 16.0 Å². The molecule has 1 N–H and O–H groups in total. The molecule has 126 valence electrons. The topological polar surface area (TPSA) is 57.6 Å². The first-order valence-electron chi connectivity index (χ1n) is 8.52. The lowest BCUT2D eigenvalue weighted by atomic mass is 9.98. The van der Waals surface area contributed by atoms with E-state index < -0.39 is 11.5 Å². The van der Waals surface area contributed by atoms with Crippen LogP contribution >= 0.6 is 0 Å². The minimum Gasteiger partial charge on any atom is -0.480 e. The number of fused-ring (bicyclic) bond motifs is 1. The number of benzene rings is 2. The molecule has 0 aliphatic carbocycles. The van der Waals surface area contributed by atoms with Gasteiger partial charge in [0, 0.05) is 13.0 Å². The van der Waals surface area contributed by atoms with Gasteiger partial charge in [-0.2, -0.15) is 0 Å². The molecule has 2 aromatic rings. The van der Waals surface area contributed by atoms with E-state index in [0.717, 1.165) is 19.3 Å². The summed E-state index contributed by atoms with van der Waals surface area (Å²) in [4.78, 5) is 25.4. The zero-order chi connectivity index (χ0) is 17.2. The Morgan fingerprint density at radius 1 is 1.17 bits per heavy atom. The van der Waals surface area contributed by atoms with Gasteiger partial charge in [0.2, 0.25) is 5.91 Å². The van der Waals surface area contributed by atoms with Gasteiger partial charge in [-0.3, -0.25) is 4.79 Å². The largest absolute Gasteiger partial charge is 0.480 e. The van der Waals surface area contributed by atoms with Crippen LogP contribution < -0.4 is 0 Å². The Morgan fingerprint density at radius 2 is 1.92 bits per heavy atom. The maximum Gasteiger partial charge on any atom is 0.329 e. The van der Waals surface area contributed by atoms with Crippen LogP contribution in [-0.4, -0.2) is 34.0 Å². The molecule has 1 fully saturated rings. The number of carbonyl (C=O) groups is 2. The second-order valence-corrected chi connectivity index (χ2v) is 6.76. The number of carboxylic acids is 1. The molecule has 1 unspecified atom stereocenters. The van der Waals surface area contributed by atoms with Gasteiger partial charge in [0.05, 0.1) is 0 Å². The lowest BCUT2D eigenvalue weighted by molar-refractivity contribution is -0.155. The summed E-state index contributed by atoms with van der Waals surface area (Å²) in [6, 6.07) is 14.6. The molecule has 4 heteroatoms. The summed E-state index contributed by atoms with van der Waals surface area (Å²) in [6.45, 7) is 2.21. The van der Waals surface area contributed by atoms with Gasteiger partial charge in [0.15, 0.2) is 0 Å². The van der Waals surface area contributed by atoms with Gasteiger partial charge in [0.25, 0.3) is 0 Å². The van der Waals surface area contributed by atoms with E-state index in [1.165, 1.54) is 16.3 Å². The predicted octanol–water partition coefficient (Wildman–Crippen LogP) is 3.63. The lowest BCUT2D eigenvalue weighted by Crippen LogP contribution is -2.50. The van der Waals surface area contributed by atoms with Crippen molar-refractivity contribution in [3.63, 3.8) is 0 Å². The molecule has 1 saturated heterocycles. The summed E-state index contributed by atoms with van der Waals surface area (Å²) >= 11 is 0. The number of carboxylic acid groups (broad SMARTS) is 1. The van der Waals surface area contributed by atoms with Crippen molar-refractivity contribution in [2.75, 3.05) is 6.54 Å². The van der Waals surface area contributed by atoms with Gasteiger partial charge >= 0.3 is 5.97 Å². The van der Waals surface area contributed by atoms with Gasteiger partial charge in [-0.1, -0.05) is 42.5 Å². The third-order valence-electron chi connectivity index (χ3n) is 5.07. The fourth-order valence-electron chi connectivity index (χ4n) is 3.56. The molecule has 1 aliphatic rings. The minimum absolute atomic E-state index is 0.0433. The summed E-state index contributed by atoms with van der Waals surface area (Å²) in [6.07, 6.45) is 3.27. The third-order valence-corrected chi connectivity index (χ3v) is 5.07. The third kappa shape index (κ3) is 3.14. The Kier molecular flexibility index (Phi) is 4.56. The first kappa shape index (κ1) is 16.5. The van der Waals surface area contributed by atoms with E-state index in [1.807, 2.05) is 12.1 Å². The van der Waals surface area contributed by atoms with Crippen LogP contribution in [0.15, 0.2) is 42.5 Å². The van der Waals surface area contributed by atoms with Crippen molar-refractivity contribution in [2.45, 2.75) is 44.6 Å². The van der Waals surface area contributed by atoms with Crippen molar-refractivity contribution in [1.82, 2.24) is 4.90 Å². The fraction of sp³-hybridized carbons (Fsp3) is 0.400. The van der Waals surface area contributed by atoms with Crippen molar-refractivity contribution in [3.05, 3.63) is 48.0 Å². The highest BCUT2D eigenvalue weighted by atomic mass is 16.4. The van der Waals surface area contributed by atoms with Crippen LogP contribution in [0.5, 0.6) is 0 Å². The predicted molar refractivity (Wildman–Crippen MR) is 93.9 cm³/mol. The average molecular weight is 325 g/mol. The molecule has 0 radical (unpaired) electrons. The second-order valence-electron chi connectivity index (χ2n) is 6.76. The molecule has 3 rings (SSSR count). The van der Waals surface area contributed by atoms with Crippen molar-refractivity contribution in [2.24, 2.45) is 0 Å². The summed E-state index contributed by atoms with van der Waals surface area (Å²) < 4.78 is 0. The Hall–Kier alpha value is -2.36. The quantitative estimate of drug-likeness (QED) is 0.913. The molecule has 1 amide bonds. The van der Waals surface area contributed by atoms with Gasteiger partial charge < -0.3 is 10.0 Å². The standard InChI is InChI=1S/C20H23NO3/c1-20(19(23)24)12-5-13-21(20)18(22)9-4-6-15-10-11-16-7-2-3-8-17(16)14-15/h2-3,7-8,10-11,14H,4-6,9,12-13H2,1H3,(H,23,24). The van der Waals surface area contributed by atoms with E-state index in [9.17, 15) is 14.7 Å². The van der Waals surface area contributed by atoms with Crippen molar-refractivity contribution in [1.29, 1.82) is 0 Å². The lowest BCUT2D eigenvalue weighted by Gasteiger charge is -2.31. The number of nitrogens with zero attached hydrogens (tertiary/aromatic N) is 1. The number of aryl methyl sites for hydroxylation is 1. The highest BCUT2D eigenvalue weighted by Crippen LogP contribution is 2.30. The van der Waals surface area contributed by atoms with E-state index in [1.54, 1.807) is 11.8 Å². The molecule has 1 atom stereocenters. The first-order chi connectivity index (χ1) is 11.5. The number of amides is 1. The van der Waals surface area contributed by atoms with Gasteiger partial charge in [0.1, 0.15) is 5.54 Å². The van der Waals surface area contributed by atoms with E-state index in [0.29, 0.717) is 19.4 Å². The summed E-state index contributed by atoms with van der Waals surface area (Å²) in [7, 11) is 0. The number of likely N-dealkylation sites (tertiary alicyclic amines) is 1. The number of rotatable bonds is 5. The molecule has 24 heavy (non-hydrogen) atoms. The highest BCUT2D eigenvalue weighted by molar-refractivity contribution is 5.87. The molecule has 0 aromatic heterocycles. The Morgan fingerprint density at radius 3 is 2.67 bits per heavy atom. The molecular formula is C20H23NO3.